The van der Waals surface area contributed by atoms with E-state index in [1.54, 1.807) is 6.07 Å². The fourth-order valence-electron chi connectivity index (χ4n) is 1.73. The molecule has 3 heteroatoms. The number of aliphatic carboxylic acids is 1. The van der Waals surface area contributed by atoms with E-state index in [2.05, 4.69) is 0 Å². The van der Waals surface area contributed by atoms with E-state index in [1.165, 1.54) is 0 Å². The number of carboxylic acid groups (broad SMARTS) is 1. The fraction of sp³-hybridized carbons (Fsp3) is 0.417. The minimum atomic E-state index is -0.792. The summed E-state index contributed by atoms with van der Waals surface area (Å²) in [5, 5.41) is 18.2. The summed E-state index contributed by atoms with van der Waals surface area (Å²) in [5.74, 6) is -0.511. The molecule has 3 nitrogen and oxygen atoms in total. The third kappa shape index (κ3) is 2.49. The highest BCUT2D eigenvalue weighted by Gasteiger charge is 2.10. The molecule has 0 fully saturated rings. The summed E-state index contributed by atoms with van der Waals surface area (Å²) < 4.78 is 0. The summed E-state index contributed by atoms with van der Waals surface area (Å²) in [4.78, 5) is 10.5. The second-order valence-corrected chi connectivity index (χ2v) is 3.83. The first kappa shape index (κ1) is 11.6. The Kier molecular flexibility index (Phi) is 3.35. The van der Waals surface area contributed by atoms with Crippen molar-refractivity contribution < 1.29 is 15.0 Å². The van der Waals surface area contributed by atoms with E-state index in [9.17, 15) is 9.90 Å². The predicted octanol–water partition coefficient (Wildman–Crippen LogP) is 2.33. The van der Waals surface area contributed by atoms with Gasteiger partial charge in [-0.25, -0.2) is 0 Å². The Morgan fingerprint density at radius 2 is 1.87 bits per heavy atom. The van der Waals surface area contributed by atoms with Crippen molar-refractivity contribution in [3.8, 4) is 5.75 Å². The molecule has 0 aliphatic rings. The lowest BCUT2D eigenvalue weighted by molar-refractivity contribution is -0.136. The summed E-state index contributed by atoms with van der Waals surface area (Å²) in [6.07, 6.45) is 0.653. The molecule has 0 saturated carbocycles. The van der Waals surface area contributed by atoms with Gasteiger partial charge in [-0.05, 0) is 55.5 Å². The molecule has 1 rings (SSSR count). The van der Waals surface area contributed by atoms with Crippen LogP contribution < -0.4 is 0 Å². The van der Waals surface area contributed by atoms with Gasteiger partial charge in [0, 0.05) is 6.42 Å². The van der Waals surface area contributed by atoms with Crippen LogP contribution in [0.3, 0.4) is 0 Å². The number of benzene rings is 1. The highest BCUT2D eigenvalue weighted by Crippen LogP contribution is 2.27. The van der Waals surface area contributed by atoms with Crippen molar-refractivity contribution in [2.75, 3.05) is 0 Å². The molecule has 0 aromatic heterocycles. The van der Waals surface area contributed by atoms with Gasteiger partial charge in [0.15, 0.2) is 0 Å². The van der Waals surface area contributed by atoms with Gasteiger partial charge in [-0.2, -0.15) is 0 Å². The Bertz CT molecular complexity index is 394. The largest absolute Gasteiger partial charge is 0.508 e. The Morgan fingerprint density at radius 3 is 2.40 bits per heavy atom. The number of phenolic OH excluding ortho intramolecular Hbond substituents is 1. The summed E-state index contributed by atoms with van der Waals surface area (Å²) in [6.45, 7) is 5.65. The monoisotopic (exact) mass is 208 g/mol. The first-order chi connectivity index (χ1) is 6.93. The van der Waals surface area contributed by atoms with Crippen LogP contribution in [0.5, 0.6) is 5.75 Å². The standard InChI is InChI=1S/C12H16O3/c1-7-6-11(13)9(3)8(2)10(7)4-5-12(14)15/h6,13H,4-5H2,1-3H3,(H,14,15). The van der Waals surface area contributed by atoms with E-state index in [4.69, 9.17) is 5.11 Å². The van der Waals surface area contributed by atoms with E-state index >= 15 is 0 Å². The quantitative estimate of drug-likeness (QED) is 0.801. The molecule has 0 atom stereocenters. The maximum Gasteiger partial charge on any atom is 0.303 e. The number of carbonyl (C=O) groups is 1. The predicted molar refractivity (Wildman–Crippen MR) is 58.3 cm³/mol. The maximum absolute atomic E-state index is 10.5. The normalized spacial score (nSPS) is 10.3. The Balaban J connectivity index is 3.07. The third-order valence-corrected chi connectivity index (χ3v) is 2.82. The first-order valence-electron chi connectivity index (χ1n) is 4.94. The van der Waals surface area contributed by atoms with Gasteiger partial charge in [-0.15, -0.1) is 0 Å². The highest BCUT2D eigenvalue weighted by molar-refractivity contribution is 5.67. The van der Waals surface area contributed by atoms with Gasteiger partial charge in [0.2, 0.25) is 0 Å². The molecule has 0 spiro atoms. The van der Waals surface area contributed by atoms with Crippen LogP contribution in [0, 0.1) is 20.8 Å². The Labute approximate surface area is 89.4 Å². The molecule has 0 amide bonds. The molecule has 0 unspecified atom stereocenters. The van der Waals surface area contributed by atoms with Crippen molar-refractivity contribution >= 4 is 5.97 Å². The maximum atomic E-state index is 10.5. The summed E-state index contributed by atoms with van der Waals surface area (Å²) >= 11 is 0. The summed E-state index contributed by atoms with van der Waals surface area (Å²) in [7, 11) is 0. The second kappa shape index (κ2) is 4.34. The van der Waals surface area contributed by atoms with E-state index in [0.29, 0.717) is 6.42 Å². The highest BCUT2D eigenvalue weighted by atomic mass is 16.4. The van der Waals surface area contributed by atoms with Crippen LogP contribution in [0.25, 0.3) is 0 Å². The molecule has 0 bridgehead atoms. The second-order valence-electron chi connectivity index (χ2n) is 3.83. The molecular formula is C12H16O3. The van der Waals surface area contributed by atoms with Crippen LogP contribution in [-0.4, -0.2) is 16.2 Å². The van der Waals surface area contributed by atoms with Gasteiger partial charge in [-0.3, -0.25) is 4.79 Å². The van der Waals surface area contributed by atoms with E-state index in [-0.39, 0.29) is 12.2 Å². The SMILES string of the molecule is Cc1cc(O)c(C)c(C)c1CCC(=O)O. The van der Waals surface area contributed by atoms with Crippen LogP contribution in [0.2, 0.25) is 0 Å². The Hall–Kier alpha value is -1.51. The minimum absolute atomic E-state index is 0.131. The average molecular weight is 208 g/mol. The summed E-state index contributed by atoms with van der Waals surface area (Å²) in [6, 6.07) is 1.69. The molecular weight excluding hydrogens is 192 g/mol. The number of carboxylic acids is 1. The van der Waals surface area contributed by atoms with Gasteiger partial charge < -0.3 is 10.2 Å². The molecule has 15 heavy (non-hydrogen) atoms. The molecule has 0 radical (unpaired) electrons. The van der Waals surface area contributed by atoms with Crippen LogP contribution >= 0.6 is 0 Å². The van der Waals surface area contributed by atoms with E-state index < -0.39 is 5.97 Å². The van der Waals surface area contributed by atoms with Crippen molar-refractivity contribution in [1.29, 1.82) is 0 Å². The van der Waals surface area contributed by atoms with Crippen LogP contribution in [-0.2, 0) is 11.2 Å². The van der Waals surface area contributed by atoms with Gasteiger partial charge >= 0.3 is 5.97 Å². The fourth-order valence-corrected chi connectivity index (χ4v) is 1.73. The smallest absolute Gasteiger partial charge is 0.303 e. The molecule has 2 N–H and O–H groups in total. The zero-order valence-corrected chi connectivity index (χ0v) is 9.29. The van der Waals surface area contributed by atoms with Crippen molar-refractivity contribution in [3.63, 3.8) is 0 Å². The van der Waals surface area contributed by atoms with Gasteiger partial charge in [0.1, 0.15) is 5.75 Å². The van der Waals surface area contributed by atoms with E-state index in [0.717, 1.165) is 22.3 Å². The Morgan fingerprint density at radius 1 is 1.27 bits per heavy atom. The van der Waals surface area contributed by atoms with Gasteiger partial charge in [0.25, 0.3) is 0 Å². The molecule has 0 saturated heterocycles. The average Bonchev–Trinajstić information content (AvgIpc) is 2.14. The lowest BCUT2D eigenvalue weighted by atomic mass is 9.94. The van der Waals surface area contributed by atoms with Crippen molar-refractivity contribution in [3.05, 3.63) is 28.3 Å². The number of phenols is 1. The lowest BCUT2D eigenvalue weighted by Gasteiger charge is -2.13. The molecule has 0 heterocycles. The number of hydrogen-bond acceptors (Lipinski definition) is 2. The van der Waals surface area contributed by atoms with Crippen molar-refractivity contribution in [2.24, 2.45) is 0 Å². The number of hydrogen-bond donors (Lipinski definition) is 2. The van der Waals surface area contributed by atoms with Crippen LogP contribution in [0.4, 0.5) is 0 Å². The zero-order chi connectivity index (χ0) is 11.6. The van der Waals surface area contributed by atoms with Crippen LogP contribution in [0.15, 0.2) is 6.07 Å². The van der Waals surface area contributed by atoms with Crippen LogP contribution in [0.1, 0.15) is 28.7 Å². The minimum Gasteiger partial charge on any atom is -0.508 e. The molecule has 1 aromatic rings. The van der Waals surface area contributed by atoms with Crippen molar-refractivity contribution in [1.82, 2.24) is 0 Å². The third-order valence-electron chi connectivity index (χ3n) is 2.82. The topological polar surface area (TPSA) is 57.5 Å². The number of rotatable bonds is 3. The number of aryl methyl sites for hydroxylation is 1. The zero-order valence-electron chi connectivity index (χ0n) is 9.29. The van der Waals surface area contributed by atoms with Gasteiger partial charge in [0.05, 0.1) is 0 Å². The molecule has 1 aromatic carbocycles. The summed E-state index contributed by atoms with van der Waals surface area (Å²) in [5.41, 5.74) is 3.82. The van der Waals surface area contributed by atoms with Crippen molar-refractivity contribution in [2.45, 2.75) is 33.6 Å². The molecule has 82 valence electrons. The molecule has 0 aliphatic heterocycles. The molecule has 0 aliphatic carbocycles. The first-order valence-corrected chi connectivity index (χ1v) is 4.94. The van der Waals surface area contributed by atoms with Gasteiger partial charge in [-0.1, -0.05) is 0 Å². The lowest BCUT2D eigenvalue weighted by Crippen LogP contribution is -2.02. The number of aromatic hydroxyl groups is 1. The van der Waals surface area contributed by atoms with E-state index in [1.807, 2.05) is 20.8 Å².